The van der Waals surface area contributed by atoms with Crippen LogP contribution in [0.25, 0.3) is 0 Å². The standard InChI is InChI=1S/C14H14N4O3/c1-9(11-3-2-6-16-8-11)17-14(19)10-4-5-13(18(20)21)12(15)7-10/h2-9H,15H2,1H3,(H,17,19). The average Bonchev–Trinajstić information content (AvgIpc) is 2.47. The minimum Gasteiger partial charge on any atom is -0.393 e. The molecule has 0 aliphatic carbocycles. The number of nitrogens with one attached hydrogen (secondary N) is 1. The average molecular weight is 286 g/mol. The molecule has 108 valence electrons. The summed E-state index contributed by atoms with van der Waals surface area (Å²) in [6.07, 6.45) is 3.31. The van der Waals surface area contributed by atoms with E-state index in [1.807, 2.05) is 13.0 Å². The minimum absolute atomic E-state index is 0.0401. The molecule has 0 bridgehead atoms. The number of hydrogen-bond acceptors (Lipinski definition) is 5. The van der Waals surface area contributed by atoms with Gasteiger partial charge in [-0.2, -0.15) is 0 Å². The number of nitrogens with zero attached hydrogens (tertiary/aromatic N) is 2. The monoisotopic (exact) mass is 286 g/mol. The molecule has 0 aliphatic heterocycles. The van der Waals surface area contributed by atoms with Crippen molar-refractivity contribution in [3.05, 3.63) is 64.0 Å². The van der Waals surface area contributed by atoms with Crippen molar-refractivity contribution in [2.24, 2.45) is 0 Å². The third kappa shape index (κ3) is 3.33. The van der Waals surface area contributed by atoms with Crippen LogP contribution in [0.3, 0.4) is 0 Å². The second kappa shape index (κ2) is 6.00. The van der Waals surface area contributed by atoms with E-state index < -0.39 is 4.92 Å². The highest BCUT2D eigenvalue weighted by molar-refractivity contribution is 5.96. The second-order valence-electron chi connectivity index (χ2n) is 4.51. The van der Waals surface area contributed by atoms with Crippen LogP contribution in [0.4, 0.5) is 11.4 Å². The lowest BCUT2D eigenvalue weighted by atomic mass is 10.1. The molecule has 7 heteroatoms. The molecular formula is C14H14N4O3. The highest BCUT2D eigenvalue weighted by atomic mass is 16.6. The van der Waals surface area contributed by atoms with E-state index >= 15 is 0 Å². The molecule has 0 aliphatic rings. The topological polar surface area (TPSA) is 111 Å². The van der Waals surface area contributed by atoms with Gasteiger partial charge in [-0.25, -0.2) is 0 Å². The Morgan fingerprint density at radius 1 is 1.43 bits per heavy atom. The first-order valence-corrected chi connectivity index (χ1v) is 6.23. The predicted octanol–water partition coefficient (Wildman–Crippen LogP) is 2.06. The first kappa shape index (κ1) is 14.4. The number of amides is 1. The number of carbonyl (C=O) groups excluding carboxylic acids is 1. The number of hydrogen-bond donors (Lipinski definition) is 2. The maximum Gasteiger partial charge on any atom is 0.292 e. The van der Waals surface area contributed by atoms with Crippen LogP contribution in [-0.2, 0) is 0 Å². The summed E-state index contributed by atoms with van der Waals surface area (Å²) in [5.41, 5.74) is 6.45. The van der Waals surface area contributed by atoms with Gasteiger partial charge in [0.2, 0.25) is 0 Å². The fourth-order valence-corrected chi connectivity index (χ4v) is 1.86. The van der Waals surface area contributed by atoms with E-state index in [1.54, 1.807) is 18.5 Å². The van der Waals surface area contributed by atoms with E-state index in [1.165, 1.54) is 18.2 Å². The van der Waals surface area contributed by atoms with Gasteiger partial charge in [-0.15, -0.1) is 0 Å². The third-order valence-corrected chi connectivity index (χ3v) is 3.02. The van der Waals surface area contributed by atoms with Gasteiger partial charge in [0.1, 0.15) is 5.69 Å². The van der Waals surface area contributed by atoms with Gasteiger partial charge >= 0.3 is 0 Å². The van der Waals surface area contributed by atoms with Crippen molar-refractivity contribution in [1.82, 2.24) is 10.3 Å². The first-order chi connectivity index (χ1) is 9.99. The normalized spacial score (nSPS) is 11.7. The van der Waals surface area contributed by atoms with Gasteiger partial charge in [0.25, 0.3) is 11.6 Å². The molecule has 21 heavy (non-hydrogen) atoms. The van der Waals surface area contributed by atoms with Crippen LogP contribution < -0.4 is 11.1 Å². The van der Waals surface area contributed by atoms with Crippen LogP contribution in [0.1, 0.15) is 28.9 Å². The van der Waals surface area contributed by atoms with Crippen molar-refractivity contribution in [3.63, 3.8) is 0 Å². The molecule has 0 spiro atoms. The number of nitrogen functional groups attached to an aromatic ring is 1. The Balaban J connectivity index is 2.14. The lowest BCUT2D eigenvalue weighted by Crippen LogP contribution is -2.26. The fraction of sp³-hybridized carbons (Fsp3) is 0.143. The van der Waals surface area contributed by atoms with Gasteiger partial charge < -0.3 is 11.1 Å². The number of benzene rings is 1. The summed E-state index contributed by atoms with van der Waals surface area (Å²) >= 11 is 0. The van der Waals surface area contributed by atoms with Crippen LogP contribution in [0.5, 0.6) is 0 Å². The minimum atomic E-state index is -0.588. The molecule has 0 saturated heterocycles. The molecule has 1 aromatic heterocycles. The van der Waals surface area contributed by atoms with Crippen molar-refractivity contribution in [3.8, 4) is 0 Å². The van der Waals surface area contributed by atoms with Gasteiger partial charge in [0.15, 0.2) is 0 Å². The Labute approximate surface area is 121 Å². The summed E-state index contributed by atoms with van der Waals surface area (Å²) in [5.74, 6) is -0.354. The van der Waals surface area contributed by atoms with Crippen molar-refractivity contribution in [1.29, 1.82) is 0 Å². The SMILES string of the molecule is CC(NC(=O)c1ccc([N+](=O)[O-])c(N)c1)c1cccnc1. The predicted molar refractivity (Wildman–Crippen MR) is 77.6 cm³/mol. The Morgan fingerprint density at radius 2 is 2.19 bits per heavy atom. The summed E-state index contributed by atoms with van der Waals surface area (Å²) in [6, 6.07) is 7.29. The van der Waals surface area contributed by atoms with E-state index in [0.717, 1.165) is 5.56 Å². The lowest BCUT2D eigenvalue weighted by Gasteiger charge is -2.14. The number of aromatic nitrogens is 1. The van der Waals surface area contributed by atoms with Crippen molar-refractivity contribution in [2.45, 2.75) is 13.0 Å². The summed E-state index contributed by atoms with van der Waals surface area (Å²) in [7, 11) is 0. The zero-order valence-corrected chi connectivity index (χ0v) is 11.3. The zero-order chi connectivity index (χ0) is 15.4. The molecule has 1 unspecified atom stereocenters. The Hall–Kier alpha value is -2.96. The van der Waals surface area contributed by atoms with Crippen LogP contribution in [0, 0.1) is 10.1 Å². The van der Waals surface area contributed by atoms with E-state index in [9.17, 15) is 14.9 Å². The molecule has 1 atom stereocenters. The largest absolute Gasteiger partial charge is 0.393 e. The van der Waals surface area contributed by atoms with Gasteiger partial charge in [-0.1, -0.05) is 6.07 Å². The summed E-state index contributed by atoms with van der Waals surface area (Å²) in [5, 5.41) is 13.5. The molecule has 0 radical (unpaired) electrons. The highest BCUT2D eigenvalue weighted by Crippen LogP contribution is 2.22. The molecule has 7 nitrogen and oxygen atoms in total. The van der Waals surface area contributed by atoms with Gasteiger partial charge in [0, 0.05) is 24.0 Å². The third-order valence-electron chi connectivity index (χ3n) is 3.02. The molecule has 1 heterocycles. The maximum atomic E-state index is 12.1. The Morgan fingerprint density at radius 3 is 2.76 bits per heavy atom. The number of pyridine rings is 1. The molecular weight excluding hydrogens is 272 g/mol. The van der Waals surface area contributed by atoms with Gasteiger partial charge in [0.05, 0.1) is 11.0 Å². The van der Waals surface area contributed by atoms with Crippen LogP contribution in [-0.4, -0.2) is 15.8 Å². The second-order valence-corrected chi connectivity index (χ2v) is 4.51. The van der Waals surface area contributed by atoms with E-state index in [-0.39, 0.29) is 28.9 Å². The zero-order valence-electron chi connectivity index (χ0n) is 11.3. The van der Waals surface area contributed by atoms with E-state index in [2.05, 4.69) is 10.3 Å². The molecule has 0 fully saturated rings. The van der Waals surface area contributed by atoms with Crippen molar-refractivity contribution < 1.29 is 9.72 Å². The van der Waals surface area contributed by atoms with Crippen molar-refractivity contribution >= 4 is 17.3 Å². The first-order valence-electron chi connectivity index (χ1n) is 6.23. The molecule has 3 N–H and O–H groups in total. The van der Waals surface area contributed by atoms with Gasteiger partial charge in [-0.3, -0.25) is 19.9 Å². The molecule has 2 aromatic rings. The summed E-state index contributed by atoms with van der Waals surface area (Å²) < 4.78 is 0. The smallest absolute Gasteiger partial charge is 0.292 e. The molecule has 0 saturated carbocycles. The number of nitro groups is 1. The number of rotatable bonds is 4. The summed E-state index contributed by atoms with van der Waals surface area (Å²) in [4.78, 5) is 26.2. The number of nitrogens with two attached hydrogens (primary N) is 1. The summed E-state index contributed by atoms with van der Waals surface area (Å²) in [6.45, 7) is 1.82. The molecule has 2 rings (SSSR count). The van der Waals surface area contributed by atoms with Gasteiger partial charge in [-0.05, 0) is 30.7 Å². The highest BCUT2D eigenvalue weighted by Gasteiger charge is 2.16. The van der Waals surface area contributed by atoms with Crippen LogP contribution in [0.2, 0.25) is 0 Å². The number of anilines is 1. The van der Waals surface area contributed by atoms with Crippen molar-refractivity contribution in [2.75, 3.05) is 5.73 Å². The number of nitro benzene ring substituents is 1. The molecule has 1 aromatic carbocycles. The van der Waals surface area contributed by atoms with Crippen LogP contribution in [0.15, 0.2) is 42.7 Å². The molecule has 1 amide bonds. The lowest BCUT2D eigenvalue weighted by molar-refractivity contribution is -0.383. The fourth-order valence-electron chi connectivity index (χ4n) is 1.86. The van der Waals surface area contributed by atoms with E-state index in [0.29, 0.717) is 0 Å². The number of carbonyl (C=O) groups is 1. The Kier molecular flexibility index (Phi) is 4.13. The Bertz CT molecular complexity index is 673. The maximum absolute atomic E-state index is 12.1. The quantitative estimate of drug-likeness (QED) is 0.507. The van der Waals surface area contributed by atoms with Crippen LogP contribution >= 0.6 is 0 Å². The van der Waals surface area contributed by atoms with E-state index in [4.69, 9.17) is 5.73 Å².